The van der Waals surface area contributed by atoms with Crippen molar-refractivity contribution < 1.29 is 9.18 Å². The first-order valence-electron chi connectivity index (χ1n) is 6.50. The molecule has 0 fully saturated rings. The zero-order valence-corrected chi connectivity index (χ0v) is 11.3. The number of hydrogen-bond donors (Lipinski definition) is 2. The summed E-state index contributed by atoms with van der Waals surface area (Å²) in [5.41, 5.74) is 6.78. The lowest BCUT2D eigenvalue weighted by molar-refractivity contribution is -0.116. The third-order valence-electron chi connectivity index (χ3n) is 3.03. The van der Waals surface area contributed by atoms with Crippen LogP contribution in [0.3, 0.4) is 0 Å². The van der Waals surface area contributed by atoms with E-state index in [-0.39, 0.29) is 11.6 Å². The number of anilines is 2. The summed E-state index contributed by atoms with van der Waals surface area (Å²) in [7, 11) is 0. The third-order valence-corrected chi connectivity index (χ3v) is 3.03. The Morgan fingerprint density at radius 3 is 2.95 bits per heavy atom. The van der Waals surface area contributed by atoms with E-state index in [0.717, 1.165) is 6.07 Å². The van der Waals surface area contributed by atoms with Gasteiger partial charge in [-0.1, -0.05) is 0 Å². The van der Waals surface area contributed by atoms with Crippen LogP contribution in [-0.2, 0) is 11.3 Å². The van der Waals surface area contributed by atoms with Crippen LogP contribution in [0.4, 0.5) is 15.8 Å². The molecule has 0 atom stereocenters. The number of rotatable bonds is 5. The summed E-state index contributed by atoms with van der Waals surface area (Å²) in [6, 6.07) is 9.42. The van der Waals surface area contributed by atoms with Crippen molar-refractivity contribution in [2.45, 2.75) is 19.4 Å². The molecule has 5 nitrogen and oxygen atoms in total. The van der Waals surface area contributed by atoms with E-state index >= 15 is 0 Å². The average Bonchev–Trinajstić information content (AvgIpc) is 2.89. The Labute approximate surface area is 121 Å². The third kappa shape index (κ3) is 3.83. The molecule has 0 saturated heterocycles. The fraction of sp³-hybridized carbons (Fsp3) is 0.200. The first-order valence-corrected chi connectivity index (χ1v) is 6.50. The summed E-state index contributed by atoms with van der Waals surface area (Å²) in [4.78, 5) is 11.8. The highest BCUT2D eigenvalue weighted by Gasteiger charge is 2.07. The maximum absolute atomic E-state index is 12.9. The molecule has 1 heterocycles. The minimum atomic E-state index is -0.442. The number of nitrogens with two attached hydrogens (primary N) is 1. The summed E-state index contributed by atoms with van der Waals surface area (Å²) in [5.74, 6) is -0.638. The number of nitrogens with one attached hydrogen (secondary N) is 1. The first-order chi connectivity index (χ1) is 10.1. The zero-order valence-electron chi connectivity index (χ0n) is 11.3. The Hall–Kier alpha value is -2.81. The van der Waals surface area contributed by atoms with E-state index < -0.39 is 5.82 Å². The number of benzene rings is 1. The first kappa shape index (κ1) is 14.6. The summed E-state index contributed by atoms with van der Waals surface area (Å²) >= 11 is 0. The minimum Gasteiger partial charge on any atom is -0.397 e. The van der Waals surface area contributed by atoms with Crippen molar-refractivity contribution in [1.29, 1.82) is 5.26 Å². The Morgan fingerprint density at radius 2 is 2.24 bits per heavy atom. The normalized spacial score (nSPS) is 10.1. The number of carbonyl (C=O) groups excluding carboxylic acids is 1. The van der Waals surface area contributed by atoms with Gasteiger partial charge in [-0.3, -0.25) is 4.79 Å². The number of carbonyl (C=O) groups is 1. The maximum Gasteiger partial charge on any atom is 0.224 e. The second-order valence-corrected chi connectivity index (χ2v) is 4.58. The highest BCUT2D eigenvalue weighted by molar-refractivity contribution is 5.93. The van der Waals surface area contributed by atoms with Crippen LogP contribution >= 0.6 is 0 Å². The van der Waals surface area contributed by atoms with Crippen LogP contribution in [0.2, 0.25) is 0 Å². The topological polar surface area (TPSA) is 83.8 Å². The second kappa shape index (κ2) is 6.57. The van der Waals surface area contributed by atoms with Gasteiger partial charge < -0.3 is 15.6 Å². The summed E-state index contributed by atoms with van der Waals surface area (Å²) in [6.07, 6.45) is 2.69. The van der Waals surface area contributed by atoms with E-state index in [1.165, 1.54) is 12.1 Å². The Kier molecular flexibility index (Phi) is 4.57. The standard InChI is InChI=1S/C15H15FN4O/c16-11-5-6-14(13(18)9-11)19-15(21)4-2-8-20-7-1-3-12(20)10-17/h1,3,5-7,9H,2,4,8,18H2,(H,19,21). The van der Waals surface area contributed by atoms with Gasteiger partial charge in [0.1, 0.15) is 17.6 Å². The highest BCUT2D eigenvalue weighted by atomic mass is 19.1. The van der Waals surface area contributed by atoms with E-state index in [1.807, 2.05) is 0 Å². The van der Waals surface area contributed by atoms with E-state index in [2.05, 4.69) is 11.4 Å². The van der Waals surface area contributed by atoms with Gasteiger partial charge in [-0.15, -0.1) is 0 Å². The number of aromatic nitrogens is 1. The predicted molar refractivity (Wildman–Crippen MR) is 77.8 cm³/mol. The number of nitriles is 1. The fourth-order valence-corrected chi connectivity index (χ4v) is 1.98. The number of amides is 1. The minimum absolute atomic E-state index is 0.195. The summed E-state index contributed by atoms with van der Waals surface area (Å²) in [5, 5.41) is 11.5. The molecule has 0 aliphatic heterocycles. The van der Waals surface area contributed by atoms with E-state index in [9.17, 15) is 9.18 Å². The molecule has 0 aliphatic rings. The van der Waals surface area contributed by atoms with Crippen molar-refractivity contribution in [3.8, 4) is 6.07 Å². The zero-order chi connectivity index (χ0) is 15.2. The van der Waals surface area contributed by atoms with Gasteiger partial charge in [0, 0.05) is 19.2 Å². The molecule has 0 unspecified atom stereocenters. The monoisotopic (exact) mass is 286 g/mol. The lowest BCUT2D eigenvalue weighted by Crippen LogP contribution is -2.13. The molecule has 0 spiro atoms. The van der Waals surface area contributed by atoms with Gasteiger partial charge in [0.25, 0.3) is 0 Å². The van der Waals surface area contributed by atoms with E-state index in [1.54, 1.807) is 22.9 Å². The van der Waals surface area contributed by atoms with E-state index in [4.69, 9.17) is 11.0 Å². The van der Waals surface area contributed by atoms with Crippen molar-refractivity contribution in [2.24, 2.45) is 0 Å². The lowest BCUT2D eigenvalue weighted by atomic mass is 10.2. The van der Waals surface area contributed by atoms with Gasteiger partial charge in [0.15, 0.2) is 0 Å². The molecule has 2 aromatic rings. The smallest absolute Gasteiger partial charge is 0.224 e. The van der Waals surface area contributed by atoms with Crippen molar-refractivity contribution >= 4 is 17.3 Å². The van der Waals surface area contributed by atoms with Gasteiger partial charge in [-0.25, -0.2) is 4.39 Å². The molecular weight excluding hydrogens is 271 g/mol. The number of halogens is 1. The summed E-state index contributed by atoms with van der Waals surface area (Å²) < 4.78 is 14.7. The van der Waals surface area contributed by atoms with Gasteiger partial charge in [0.05, 0.1) is 11.4 Å². The highest BCUT2D eigenvalue weighted by Crippen LogP contribution is 2.19. The van der Waals surface area contributed by atoms with Crippen molar-refractivity contribution in [1.82, 2.24) is 4.57 Å². The van der Waals surface area contributed by atoms with Crippen LogP contribution in [-0.4, -0.2) is 10.5 Å². The molecule has 6 heteroatoms. The number of nitrogens with zero attached hydrogens (tertiary/aromatic N) is 2. The molecule has 108 valence electrons. The molecule has 21 heavy (non-hydrogen) atoms. The van der Waals surface area contributed by atoms with Gasteiger partial charge in [0.2, 0.25) is 5.91 Å². The molecule has 1 amide bonds. The SMILES string of the molecule is N#Cc1cccn1CCCC(=O)Nc1ccc(F)cc1N. The van der Waals surface area contributed by atoms with Crippen LogP contribution in [0.5, 0.6) is 0 Å². The molecule has 0 aliphatic carbocycles. The van der Waals surface area contributed by atoms with Crippen LogP contribution < -0.4 is 11.1 Å². The molecule has 0 bridgehead atoms. The number of nitrogen functional groups attached to an aromatic ring is 1. The van der Waals surface area contributed by atoms with Crippen LogP contribution in [0.15, 0.2) is 36.5 Å². The predicted octanol–water partition coefficient (Wildman–Crippen LogP) is 2.50. The molecular formula is C15H15FN4O. The quantitative estimate of drug-likeness (QED) is 0.828. The van der Waals surface area contributed by atoms with Crippen molar-refractivity contribution in [3.63, 3.8) is 0 Å². The molecule has 0 radical (unpaired) electrons. The summed E-state index contributed by atoms with van der Waals surface area (Å²) in [6.45, 7) is 0.586. The Balaban J connectivity index is 1.84. The number of aryl methyl sites for hydroxylation is 1. The van der Waals surface area contributed by atoms with Crippen LogP contribution in [0, 0.1) is 17.1 Å². The van der Waals surface area contributed by atoms with Gasteiger partial charge >= 0.3 is 0 Å². The fourth-order valence-electron chi connectivity index (χ4n) is 1.98. The Morgan fingerprint density at radius 1 is 1.43 bits per heavy atom. The largest absolute Gasteiger partial charge is 0.397 e. The van der Waals surface area contributed by atoms with Crippen LogP contribution in [0.25, 0.3) is 0 Å². The van der Waals surface area contributed by atoms with Crippen molar-refractivity contribution in [2.75, 3.05) is 11.1 Å². The van der Waals surface area contributed by atoms with Crippen LogP contribution in [0.1, 0.15) is 18.5 Å². The van der Waals surface area contributed by atoms with E-state index in [0.29, 0.717) is 30.8 Å². The molecule has 3 N–H and O–H groups in total. The second-order valence-electron chi connectivity index (χ2n) is 4.58. The lowest BCUT2D eigenvalue weighted by Gasteiger charge is -2.08. The molecule has 1 aromatic heterocycles. The molecule has 0 saturated carbocycles. The average molecular weight is 286 g/mol. The molecule has 1 aromatic carbocycles. The number of hydrogen-bond acceptors (Lipinski definition) is 3. The van der Waals surface area contributed by atoms with Gasteiger partial charge in [-0.2, -0.15) is 5.26 Å². The maximum atomic E-state index is 12.9. The molecule has 2 rings (SSSR count). The Bertz CT molecular complexity index is 687. The van der Waals surface area contributed by atoms with Crippen molar-refractivity contribution in [3.05, 3.63) is 48.0 Å². The van der Waals surface area contributed by atoms with Gasteiger partial charge in [-0.05, 0) is 36.8 Å².